The van der Waals surface area contributed by atoms with Crippen LogP contribution in [0.4, 0.5) is 0 Å². The molecule has 0 N–H and O–H groups in total. The number of rotatable bonds is 11. The van der Waals surface area contributed by atoms with E-state index >= 15 is 0 Å². The van der Waals surface area contributed by atoms with Crippen molar-refractivity contribution < 1.29 is 4.74 Å². The molecule has 0 radical (unpaired) electrons. The van der Waals surface area contributed by atoms with E-state index in [0.717, 1.165) is 18.8 Å². The van der Waals surface area contributed by atoms with Gasteiger partial charge in [0.05, 0.1) is 6.61 Å². The molecule has 0 aliphatic rings. The molecule has 1 aromatic rings. The molecule has 1 nitrogen and oxygen atoms in total. The average Bonchev–Trinajstić information content (AvgIpc) is 2.89. The largest absolute Gasteiger partial charge is 0.493 e. The van der Waals surface area contributed by atoms with Crippen molar-refractivity contribution in [3.8, 4) is 5.75 Å². The molecule has 0 aromatic heterocycles. The van der Waals surface area contributed by atoms with Crippen molar-refractivity contribution in [3.63, 3.8) is 0 Å². The first-order valence-electron chi connectivity index (χ1n) is 19.8. The molecule has 0 atom stereocenters. The fourth-order valence-electron chi connectivity index (χ4n) is 4.19. The van der Waals surface area contributed by atoms with Crippen molar-refractivity contribution in [3.05, 3.63) is 29.3 Å². The molecule has 0 aliphatic carbocycles. The van der Waals surface area contributed by atoms with Gasteiger partial charge in [-0.3, -0.25) is 0 Å². The fourth-order valence-corrected chi connectivity index (χ4v) is 4.19. The molecule has 0 amide bonds. The first kappa shape index (κ1) is 52.8. The number of aryl methyl sites for hydroxylation is 2. The monoisotopic (exact) mass is 663 g/mol. The van der Waals surface area contributed by atoms with Crippen LogP contribution in [0.5, 0.6) is 5.75 Å². The van der Waals surface area contributed by atoms with E-state index in [0.29, 0.717) is 27.1 Å². The topological polar surface area (TPSA) is 9.23 Å². The maximum absolute atomic E-state index is 5.81. The van der Waals surface area contributed by atoms with Crippen LogP contribution in [0.3, 0.4) is 0 Å². The normalized spacial score (nSPS) is 11.9. The number of hydrogen-bond donors (Lipinski definition) is 0. The van der Waals surface area contributed by atoms with E-state index in [4.69, 9.17) is 4.74 Å². The van der Waals surface area contributed by atoms with Crippen LogP contribution >= 0.6 is 0 Å². The summed E-state index contributed by atoms with van der Waals surface area (Å²) in [6.07, 6.45) is 17.3. The molecule has 1 rings (SSSR count). The van der Waals surface area contributed by atoms with Gasteiger partial charge in [0.25, 0.3) is 0 Å². The molecule has 0 saturated heterocycles. The summed E-state index contributed by atoms with van der Waals surface area (Å²) in [6, 6.07) is 6.36. The molecule has 0 unspecified atom stereocenters. The number of hydrogen-bond acceptors (Lipinski definition) is 1. The number of ether oxygens (including phenoxy) is 1. The van der Waals surface area contributed by atoms with Crippen LogP contribution in [0.1, 0.15) is 226 Å². The molecular weight excluding hydrogens is 569 g/mol. The van der Waals surface area contributed by atoms with E-state index < -0.39 is 0 Å². The second-order valence-corrected chi connectivity index (χ2v) is 20.0. The Bertz CT molecular complexity index is 796. The van der Waals surface area contributed by atoms with Crippen LogP contribution in [-0.2, 0) is 0 Å². The fraction of sp³-hybridized carbons (Fsp3) is 0.870. The third kappa shape index (κ3) is 54.7. The summed E-state index contributed by atoms with van der Waals surface area (Å²) < 4.78 is 5.81. The summed E-state index contributed by atoms with van der Waals surface area (Å²) in [5, 5.41) is 0. The van der Waals surface area contributed by atoms with Gasteiger partial charge in [-0.25, -0.2) is 0 Å². The maximum atomic E-state index is 5.81. The van der Waals surface area contributed by atoms with Crippen molar-refractivity contribution >= 4 is 0 Å². The zero-order chi connectivity index (χ0) is 38.0. The molecule has 47 heavy (non-hydrogen) atoms. The average molecular weight is 663 g/mol. The van der Waals surface area contributed by atoms with Gasteiger partial charge in [0.1, 0.15) is 5.75 Å². The van der Waals surface area contributed by atoms with Crippen LogP contribution in [0.2, 0.25) is 0 Å². The Kier molecular flexibility index (Phi) is 31.2. The van der Waals surface area contributed by atoms with Crippen LogP contribution < -0.4 is 4.74 Å². The molecule has 1 aromatic carbocycles. The van der Waals surface area contributed by atoms with Crippen molar-refractivity contribution in [2.75, 3.05) is 6.61 Å². The van der Waals surface area contributed by atoms with E-state index in [1.165, 1.54) is 88.2 Å². The zero-order valence-corrected chi connectivity index (χ0v) is 37.0. The predicted molar refractivity (Wildman–Crippen MR) is 221 cm³/mol. The van der Waals surface area contributed by atoms with Gasteiger partial charge in [0.2, 0.25) is 0 Å². The SMILES string of the molecule is CCC(C)(C)C.CCCC(C)(C)C.CCCCC(C)(C)C.CCCCCCC(C)(C)C.Cc1ccc(C)c(OCCCC(C)(C)C)c1. The molecule has 0 spiro atoms. The molecule has 0 heterocycles. The summed E-state index contributed by atoms with van der Waals surface area (Å²) in [5.74, 6) is 1.04. The Morgan fingerprint density at radius 3 is 1.17 bits per heavy atom. The van der Waals surface area contributed by atoms with Gasteiger partial charge in [-0.15, -0.1) is 0 Å². The van der Waals surface area contributed by atoms with E-state index in [2.05, 4.69) is 164 Å². The highest BCUT2D eigenvalue weighted by atomic mass is 16.5. The van der Waals surface area contributed by atoms with Crippen molar-refractivity contribution in [1.29, 1.82) is 0 Å². The third-order valence-corrected chi connectivity index (χ3v) is 7.79. The van der Waals surface area contributed by atoms with Gasteiger partial charge in [0, 0.05) is 0 Å². The minimum absolute atomic E-state index is 0.408. The van der Waals surface area contributed by atoms with E-state index in [1.807, 2.05) is 0 Å². The lowest BCUT2D eigenvalue weighted by Crippen LogP contribution is -2.08. The van der Waals surface area contributed by atoms with Gasteiger partial charge in [-0.05, 0) is 90.2 Å². The smallest absolute Gasteiger partial charge is 0.122 e. The lowest BCUT2D eigenvalue weighted by molar-refractivity contribution is 0.268. The van der Waals surface area contributed by atoms with Crippen molar-refractivity contribution in [2.24, 2.45) is 27.1 Å². The second-order valence-electron chi connectivity index (χ2n) is 20.0. The van der Waals surface area contributed by atoms with Gasteiger partial charge in [-0.2, -0.15) is 0 Å². The summed E-state index contributed by atoms with van der Waals surface area (Å²) in [5.41, 5.74) is 5.08. The second kappa shape index (κ2) is 27.8. The molecule has 0 saturated carbocycles. The third-order valence-electron chi connectivity index (χ3n) is 7.79. The predicted octanol–water partition coefficient (Wildman–Crippen LogP) is 17.0. The Labute approximate surface area is 301 Å². The van der Waals surface area contributed by atoms with E-state index in [9.17, 15) is 0 Å². The van der Waals surface area contributed by atoms with Gasteiger partial charge >= 0.3 is 0 Å². The van der Waals surface area contributed by atoms with Crippen LogP contribution in [0.15, 0.2) is 18.2 Å². The highest BCUT2D eigenvalue weighted by Crippen LogP contribution is 2.24. The van der Waals surface area contributed by atoms with Crippen LogP contribution in [0.25, 0.3) is 0 Å². The molecular formula is C46H94O. The van der Waals surface area contributed by atoms with Crippen LogP contribution in [0, 0.1) is 40.9 Å². The number of unbranched alkanes of at least 4 members (excludes halogenated alkanes) is 4. The first-order valence-corrected chi connectivity index (χ1v) is 19.8. The molecule has 0 bridgehead atoms. The van der Waals surface area contributed by atoms with E-state index in [1.54, 1.807) is 0 Å². The summed E-state index contributed by atoms with van der Waals surface area (Å²) >= 11 is 0. The quantitative estimate of drug-likeness (QED) is 0.214. The van der Waals surface area contributed by atoms with Crippen molar-refractivity contribution in [2.45, 2.75) is 229 Å². The Morgan fingerprint density at radius 2 is 0.851 bits per heavy atom. The van der Waals surface area contributed by atoms with Gasteiger partial charge < -0.3 is 4.74 Å². The maximum Gasteiger partial charge on any atom is 0.122 e. The van der Waals surface area contributed by atoms with Gasteiger partial charge in [-0.1, -0.05) is 195 Å². The molecule has 284 valence electrons. The van der Waals surface area contributed by atoms with Crippen molar-refractivity contribution in [1.82, 2.24) is 0 Å². The molecule has 1 heteroatoms. The number of benzene rings is 1. The zero-order valence-electron chi connectivity index (χ0n) is 37.0. The van der Waals surface area contributed by atoms with Crippen LogP contribution in [-0.4, -0.2) is 6.61 Å². The summed E-state index contributed by atoms with van der Waals surface area (Å²) in [7, 11) is 0. The standard InChI is InChI=1S/C15H24O.C10H22.C8H18.C7H16.C6H14/c1-12-7-8-13(2)14(11-12)16-10-6-9-15(3,4)5;1-5-6-7-8-9-10(2,3)4;1-5-6-7-8(2,3)4;1-5-6-7(2,3)4;1-5-6(2,3)4/h7-8,11H,6,9-10H2,1-5H3;5-9H2,1-4H3;5-7H2,1-4H3;5-6H2,1-4H3;5H2,1-4H3. The molecule has 0 aliphatic heterocycles. The highest BCUT2D eigenvalue weighted by Gasteiger charge is 2.10. The minimum Gasteiger partial charge on any atom is -0.493 e. The Balaban J connectivity index is -0.000000260. The summed E-state index contributed by atoms with van der Waals surface area (Å²) in [4.78, 5) is 0. The minimum atomic E-state index is 0.408. The van der Waals surface area contributed by atoms with Gasteiger partial charge in [0.15, 0.2) is 0 Å². The lowest BCUT2D eigenvalue weighted by atomic mass is 9.89. The Hall–Kier alpha value is -0.980. The molecule has 0 fully saturated rings. The first-order chi connectivity index (χ1) is 21.1. The Morgan fingerprint density at radius 1 is 0.447 bits per heavy atom. The highest BCUT2D eigenvalue weighted by molar-refractivity contribution is 5.35. The lowest BCUT2D eigenvalue weighted by Gasteiger charge is -2.18. The summed E-state index contributed by atoms with van der Waals surface area (Å²) in [6.45, 7) is 48.2. The van der Waals surface area contributed by atoms with E-state index in [-0.39, 0.29) is 0 Å².